The minimum absolute atomic E-state index is 0.220. The van der Waals surface area contributed by atoms with Gasteiger partial charge in [-0.25, -0.2) is 4.79 Å². The van der Waals surface area contributed by atoms with Gasteiger partial charge in [0.1, 0.15) is 5.58 Å². The van der Waals surface area contributed by atoms with Crippen LogP contribution in [0.15, 0.2) is 28.7 Å². The molecule has 0 amide bonds. The number of ether oxygens (including phenoxy) is 2. The minimum Gasteiger partial charge on any atom is -0.460 e. The molecular formula is C15H17NO4. The van der Waals surface area contributed by atoms with Gasteiger partial charge in [-0.3, -0.25) is 0 Å². The fraction of sp³-hybridized carbons (Fsp3) is 0.400. The van der Waals surface area contributed by atoms with Gasteiger partial charge in [0.2, 0.25) is 5.76 Å². The number of anilines is 1. The first-order valence-corrected chi connectivity index (χ1v) is 6.76. The number of furan rings is 1. The maximum Gasteiger partial charge on any atom is 0.374 e. The van der Waals surface area contributed by atoms with Gasteiger partial charge in [-0.15, -0.1) is 0 Å². The Balaban J connectivity index is 1.65. The predicted molar refractivity (Wildman–Crippen MR) is 74.5 cm³/mol. The average molecular weight is 275 g/mol. The largest absolute Gasteiger partial charge is 0.460 e. The number of nitrogens with two attached hydrogens (primary N) is 1. The number of hydrogen-bond acceptors (Lipinski definition) is 5. The SMILES string of the molecule is Nc1ccc2oc(C(=O)OCC3CCOCC3)cc2c1. The fourth-order valence-corrected chi connectivity index (χ4v) is 2.34. The van der Waals surface area contributed by atoms with Crippen LogP contribution in [0, 0.1) is 5.92 Å². The molecule has 1 aromatic heterocycles. The van der Waals surface area contributed by atoms with Crippen LogP contribution in [0.3, 0.4) is 0 Å². The maximum absolute atomic E-state index is 12.0. The summed E-state index contributed by atoms with van der Waals surface area (Å²) in [7, 11) is 0. The van der Waals surface area contributed by atoms with Crippen molar-refractivity contribution < 1.29 is 18.7 Å². The van der Waals surface area contributed by atoms with Crippen LogP contribution in [0.25, 0.3) is 11.0 Å². The molecule has 1 saturated heterocycles. The maximum atomic E-state index is 12.0. The van der Waals surface area contributed by atoms with Crippen LogP contribution >= 0.6 is 0 Å². The van der Waals surface area contributed by atoms with E-state index in [4.69, 9.17) is 19.6 Å². The lowest BCUT2D eigenvalue weighted by molar-refractivity contribution is 0.0166. The van der Waals surface area contributed by atoms with E-state index in [0.717, 1.165) is 31.4 Å². The van der Waals surface area contributed by atoms with Gasteiger partial charge >= 0.3 is 5.97 Å². The summed E-state index contributed by atoms with van der Waals surface area (Å²) in [5.41, 5.74) is 6.97. The van der Waals surface area contributed by atoms with E-state index in [1.54, 1.807) is 24.3 Å². The summed E-state index contributed by atoms with van der Waals surface area (Å²) in [6, 6.07) is 6.93. The molecule has 0 spiro atoms. The van der Waals surface area contributed by atoms with Crippen molar-refractivity contribution in [2.75, 3.05) is 25.6 Å². The van der Waals surface area contributed by atoms with Gasteiger partial charge in [0.25, 0.3) is 0 Å². The number of rotatable bonds is 3. The van der Waals surface area contributed by atoms with Gasteiger partial charge in [-0.2, -0.15) is 0 Å². The summed E-state index contributed by atoms with van der Waals surface area (Å²) in [5.74, 6) is 0.177. The third kappa shape index (κ3) is 2.77. The van der Waals surface area contributed by atoms with E-state index in [-0.39, 0.29) is 5.76 Å². The second kappa shape index (κ2) is 5.54. The van der Waals surface area contributed by atoms with Gasteiger partial charge in [0.15, 0.2) is 0 Å². The molecule has 2 heterocycles. The van der Waals surface area contributed by atoms with Crippen LogP contribution in [-0.2, 0) is 9.47 Å². The summed E-state index contributed by atoms with van der Waals surface area (Å²) >= 11 is 0. The first-order valence-electron chi connectivity index (χ1n) is 6.76. The lowest BCUT2D eigenvalue weighted by atomic mass is 10.0. The smallest absolute Gasteiger partial charge is 0.374 e. The van der Waals surface area contributed by atoms with Crippen molar-refractivity contribution in [1.82, 2.24) is 0 Å². The van der Waals surface area contributed by atoms with E-state index in [2.05, 4.69) is 0 Å². The molecule has 1 aliphatic heterocycles. The lowest BCUT2D eigenvalue weighted by Gasteiger charge is -2.21. The van der Waals surface area contributed by atoms with E-state index in [1.807, 2.05) is 0 Å². The van der Waals surface area contributed by atoms with Crippen molar-refractivity contribution in [3.63, 3.8) is 0 Å². The Morgan fingerprint density at radius 3 is 2.90 bits per heavy atom. The highest BCUT2D eigenvalue weighted by Gasteiger charge is 2.18. The van der Waals surface area contributed by atoms with E-state index in [9.17, 15) is 4.79 Å². The first kappa shape index (κ1) is 13.0. The van der Waals surface area contributed by atoms with Crippen LogP contribution in [0.1, 0.15) is 23.4 Å². The number of nitrogen functional groups attached to an aromatic ring is 1. The third-order valence-corrected chi connectivity index (χ3v) is 3.53. The molecule has 0 saturated carbocycles. The van der Waals surface area contributed by atoms with Crippen LogP contribution in [0.2, 0.25) is 0 Å². The van der Waals surface area contributed by atoms with E-state index < -0.39 is 5.97 Å². The highest BCUT2D eigenvalue weighted by molar-refractivity contribution is 5.93. The molecule has 0 atom stereocenters. The van der Waals surface area contributed by atoms with Crippen molar-refractivity contribution in [2.24, 2.45) is 5.92 Å². The van der Waals surface area contributed by atoms with Gasteiger partial charge < -0.3 is 19.6 Å². The van der Waals surface area contributed by atoms with Gasteiger partial charge in [0.05, 0.1) is 6.61 Å². The van der Waals surface area contributed by atoms with Gasteiger partial charge in [0, 0.05) is 24.3 Å². The zero-order valence-electron chi connectivity index (χ0n) is 11.1. The highest BCUT2D eigenvalue weighted by atomic mass is 16.5. The summed E-state index contributed by atoms with van der Waals surface area (Å²) < 4.78 is 16.0. The van der Waals surface area contributed by atoms with Crippen molar-refractivity contribution in [2.45, 2.75) is 12.8 Å². The Morgan fingerprint density at radius 2 is 2.10 bits per heavy atom. The van der Waals surface area contributed by atoms with E-state index >= 15 is 0 Å². The standard InChI is InChI=1S/C15H17NO4/c16-12-1-2-13-11(7-12)8-14(20-13)15(17)19-9-10-3-5-18-6-4-10/h1-2,7-8,10H,3-6,9,16H2. The van der Waals surface area contributed by atoms with Crippen LogP contribution in [0.5, 0.6) is 0 Å². The molecule has 1 aromatic carbocycles. The topological polar surface area (TPSA) is 74.7 Å². The van der Waals surface area contributed by atoms with Gasteiger partial charge in [-0.1, -0.05) is 0 Å². The first-order chi connectivity index (χ1) is 9.72. The zero-order chi connectivity index (χ0) is 13.9. The molecule has 0 aliphatic carbocycles. The number of carbonyl (C=O) groups excluding carboxylic acids is 1. The molecule has 1 aliphatic rings. The predicted octanol–water partition coefficient (Wildman–Crippen LogP) is 2.60. The minimum atomic E-state index is -0.425. The van der Waals surface area contributed by atoms with Crippen LogP contribution in [-0.4, -0.2) is 25.8 Å². The van der Waals surface area contributed by atoms with Crippen LogP contribution in [0.4, 0.5) is 5.69 Å². The van der Waals surface area contributed by atoms with E-state index in [0.29, 0.717) is 23.8 Å². The molecule has 20 heavy (non-hydrogen) atoms. The lowest BCUT2D eigenvalue weighted by Crippen LogP contribution is -2.21. The third-order valence-electron chi connectivity index (χ3n) is 3.53. The van der Waals surface area contributed by atoms with Crippen molar-refractivity contribution >= 4 is 22.6 Å². The molecule has 5 heteroatoms. The molecule has 106 valence electrons. The Kier molecular flexibility index (Phi) is 3.60. The second-order valence-corrected chi connectivity index (χ2v) is 5.06. The monoisotopic (exact) mass is 275 g/mol. The summed E-state index contributed by atoms with van der Waals surface area (Å²) in [5, 5.41) is 0.808. The second-order valence-electron chi connectivity index (χ2n) is 5.06. The summed E-state index contributed by atoms with van der Waals surface area (Å²) in [6.45, 7) is 1.90. The quantitative estimate of drug-likeness (QED) is 0.688. The number of esters is 1. The van der Waals surface area contributed by atoms with Crippen molar-refractivity contribution in [3.8, 4) is 0 Å². The average Bonchev–Trinajstić information content (AvgIpc) is 2.89. The normalized spacial score (nSPS) is 16.4. The molecular weight excluding hydrogens is 258 g/mol. The molecule has 1 fully saturated rings. The zero-order valence-corrected chi connectivity index (χ0v) is 11.1. The number of benzene rings is 1. The van der Waals surface area contributed by atoms with Crippen LogP contribution < -0.4 is 5.73 Å². The molecule has 0 radical (unpaired) electrons. The Morgan fingerprint density at radius 1 is 1.30 bits per heavy atom. The number of hydrogen-bond donors (Lipinski definition) is 1. The molecule has 5 nitrogen and oxygen atoms in total. The molecule has 0 unspecified atom stereocenters. The van der Waals surface area contributed by atoms with Crippen molar-refractivity contribution in [3.05, 3.63) is 30.0 Å². The van der Waals surface area contributed by atoms with E-state index in [1.165, 1.54) is 0 Å². The molecule has 2 N–H and O–H groups in total. The Labute approximate surface area is 116 Å². The summed E-state index contributed by atoms with van der Waals surface area (Å²) in [6.07, 6.45) is 1.87. The Hall–Kier alpha value is -2.01. The Bertz CT molecular complexity index is 613. The van der Waals surface area contributed by atoms with Crippen molar-refractivity contribution in [1.29, 1.82) is 0 Å². The molecule has 2 aromatic rings. The van der Waals surface area contributed by atoms with Gasteiger partial charge in [-0.05, 0) is 43.0 Å². The molecule has 3 rings (SSSR count). The number of fused-ring (bicyclic) bond motifs is 1. The number of carbonyl (C=O) groups is 1. The fourth-order valence-electron chi connectivity index (χ4n) is 2.34. The highest BCUT2D eigenvalue weighted by Crippen LogP contribution is 2.23. The molecule has 0 bridgehead atoms. The summed E-state index contributed by atoms with van der Waals surface area (Å²) in [4.78, 5) is 12.0.